The lowest BCUT2D eigenvalue weighted by Gasteiger charge is -2.16. The standard InChI is InChI=1S/C14H14ClN3O2/c15-13-11(5-8-20-13)14(19)17-10-3-4-12(16-9-10)18-6-1-2-7-18/h3-5,8-9H,1-2,6-7H2,(H,17,19). The predicted molar refractivity (Wildman–Crippen MR) is 77.4 cm³/mol. The van der Waals surface area contributed by atoms with E-state index >= 15 is 0 Å². The normalized spacial score (nSPS) is 14.6. The molecule has 1 fully saturated rings. The molecule has 6 heteroatoms. The summed E-state index contributed by atoms with van der Waals surface area (Å²) in [6.45, 7) is 2.09. The molecule has 3 heterocycles. The molecule has 2 aromatic rings. The average Bonchev–Trinajstić information content (AvgIpc) is 3.10. The van der Waals surface area contributed by atoms with Gasteiger partial charge in [-0.1, -0.05) is 0 Å². The third kappa shape index (κ3) is 2.63. The van der Waals surface area contributed by atoms with E-state index in [1.54, 1.807) is 6.20 Å². The van der Waals surface area contributed by atoms with Crippen LogP contribution in [0.25, 0.3) is 0 Å². The van der Waals surface area contributed by atoms with E-state index in [1.165, 1.54) is 25.2 Å². The van der Waals surface area contributed by atoms with Crippen molar-refractivity contribution in [2.45, 2.75) is 12.8 Å². The first-order chi connectivity index (χ1) is 9.74. The zero-order valence-electron chi connectivity index (χ0n) is 10.8. The first-order valence-corrected chi connectivity index (χ1v) is 6.87. The number of rotatable bonds is 3. The number of nitrogens with one attached hydrogen (secondary N) is 1. The van der Waals surface area contributed by atoms with E-state index in [9.17, 15) is 4.79 Å². The number of anilines is 2. The first-order valence-electron chi connectivity index (χ1n) is 6.49. The molecule has 1 amide bonds. The molecule has 1 N–H and O–H groups in total. The molecule has 0 radical (unpaired) electrons. The van der Waals surface area contributed by atoms with Crippen LogP contribution in [0.3, 0.4) is 0 Å². The highest BCUT2D eigenvalue weighted by molar-refractivity contribution is 6.32. The van der Waals surface area contributed by atoms with E-state index < -0.39 is 0 Å². The number of aromatic nitrogens is 1. The SMILES string of the molecule is O=C(Nc1ccc(N2CCCC2)nc1)c1ccoc1Cl. The van der Waals surface area contributed by atoms with Gasteiger partial charge in [-0.2, -0.15) is 0 Å². The Morgan fingerprint density at radius 2 is 2.10 bits per heavy atom. The number of nitrogens with zero attached hydrogens (tertiary/aromatic N) is 2. The molecule has 5 nitrogen and oxygen atoms in total. The van der Waals surface area contributed by atoms with Crippen molar-refractivity contribution in [1.29, 1.82) is 0 Å². The maximum absolute atomic E-state index is 11.9. The van der Waals surface area contributed by atoms with Gasteiger partial charge in [0.1, 0.15) is 5.82 Å². The smallest absolute Gasteiger partial charge is 0.260 e. The number of hydrogen-bond donors (Lipinski definition) is 1. The predicted octanol–water partition coefficient (Wildman–Crippen LogP) is 3.18. The molecule has 0 aromatic carbocycles. The van der Waals surface area contributed by atoms with Crippen molar-refractivity contribution in [3.8, 4) is 0 Å². The van der Waals surface area contributed by atoms with Gasteiger partial charge in [-0.25, -0.2) is 4.98 Å². The maximum atomic E-state index is 11.9. The molecule has 104 valence electrons. The van der Waals surface area contributed by atoms with E-state index in [0.29, 0.717) is 11.3 Å². The Kier molecular flexibility index (Phi) is 3.60. The van der Waals surface area contributed by atoms with E-state index in [4.69, 9.17) is 16.0 Å². The highest BCUT2D eigenvalue weighted by Crippen LogP contribution is 2.21. The molecule has 1 aliphatic heterocycles. The highest BCUT2D eigenvalue weighted by atomic mass is 35.5. The molecular weight excluding hydrogens is 278 g/mol. The second-order valence-electron chi connectivity index (χ2n) is 4.66. The zero-order chi connectivity index (χ0) is 13.9. The molecule has 0 aliphatic carbocycles. The summed E-state index contributed by atoms with van der Waals surface area (Å²) in [5, 5.41) is 2.83. The molecule has 0 saturated carbocycles. The number of hydrogen-bond acceptors (Lipinski definition) is 4. The van der Waals surface area contributed by atoms with Crippen LogP contribution in [0.2, 0.25) is 5.22 Å². The van der Waals surface area contributed by atoms with Crippen molar-refractivity contribution < 1.29 is 9.21 Å². The van der Waals surface area contributed by atoms with Crippen LogP contribution in [0.1, 0.15) is 23.2 Å². The Labute approximate surface area is 121 Å². The van der Waals surface area contributed by atoms with Crippen molar-refractivity contribution >= 4 is 29.0 Å². The van der Waals surface area contributed by atoms with Gasteiger partial charge in [0.2, 0.25) is 5.22 Å². The average molecular weight is 292 g/mol. The van der Waals surface area contributed by atoms with Crippen molar-refractivity contribution in [3.63, 3.8) is 0 Å². The fourth-order valence-corrected chi connectivity index (χ4v) is 2.45. The Morgan fingerprint density at radius 1 is 1.30 bits per heavy atom. The number of amides is 1. The fourth-order valence-electron chi connectivity index (χ4n) is 2.25. The lowest BCUT2D eigenvalue weighted by molar-refractivity contribution is 0.102. The minimum absolute atomic E-state index is 0.0872. The van der Waals surface area contributed by atoms with Gasteiger partial charge < -0.3 is 14.6 Å². The summed E-state index contributed by atoms with van der Waals surface area (Å²) in [4.78, 5) is 18.6. The van der Waals surface area contributed by atoms with Crippen LogP contribution in [0.5, 0.6) is 0 Å². The Morgan fingerprint density at radius 3 is 2.70 bits per heavy atom. The number of carbonyl (C=O) groups excluding carboxylic acids is 1. The quantitative estimate of drug-likeness (QED) is 0.943. The van der Waals surface area contributed by atoms with Crippen LogP contribution in [-0.2, 0) is 0 Å². The minimum Gasteiger partial charge on any atom is -0.452 e. The molecule has 2 aromatic heterocycles. The number of carbonyl (C=O) groups is 1. The minimum atomic E-state index is -0.306. The van der Waals surface area contributed by atoms with Crippen LogP contribution < -0.4 is 10.2 Å². The highest BCUT2D eigenvalue weighted by Gasteiger charge is 2.15. The topological polar surface area (TPSA) is 58.4 Å². The summed E-state index contributed by atoms with van der Waals surface area (Å²) in [5.41, 5.74) is 0.950. The molecule has 3 rings (SSSR count). The number of furan rings is 1. The van der Waals surface area contributed by atoms with Crippen molar-refractivity contribution in [2.75, 3.05) is 23.3 Å². The van der Waals surface area contributed by atoms with Gasteiger partial charge in [0.25, 0.3) is 5.91 Å². The van der Waals surface area contributed by atoms with Crippen LogP contribution in [-0.4, -0.2) is 24.0 Å². The second kappa shape index (κ2) is 5.54. The van der Waals surface area contributed by atoms with Crippen LogP contribution >= 0.6 is 11.6 Å². The van der Waals surface area contributed by atoms with Crippen LogP contribution in [0.15, 0.2) is 35.1 Å². The summed E-state index contributed by atoms with van der Waals surface area (Å²) < 4.78 is 4.89. The monoisotopic (exact) mass is 291 g/mol. The summed E-state index contributed by atoms with van der Waals surface area (Å²) >= 11 is 5.76. The van der Waals surface area contributed by atoms with Crippen LogP contribution in [0, 0.1) is 0 Å². The van der Waals surface area contributed by atoms with Crippen molar-refractivity contribution in [2.24, 2.45) is 0 Å². The van der Waals surface area contributed by atoms with Gasteiger partial charge in [0.15, 0.2) is 0 Å². The van der Waals surface area contributed by atoms with Gasteiger partial charge >= 0.3 is 0 Å². The molecule has 1 aliphatic rings. The molecule has 0 spiro atoms. The van der Waals surface area contributed by atoms with Gasteiger partial charge in [0, 0.05) is 13.1 Å². The Bertz CT molecular complexity index is 603. The Hall–Kier alpha value is -2.01. The van der Waals surface area contributed by atoms with Gasteiger partial charge in [0.05, 0.1) is 23.7 Å². The maximum Gasteiger partial charge on any atom is 0.260 e. The summed E-state index contributed by atoms with van der Waals surface area (Å²) in [5.74, 6) is 0.640. The third-order valence-corrected chi connectivity index (χ3v) is 3.59. The van der Waals surface area contributed by atoms with E-state index in [-0.39, 0.29) is 11.1 Å². The molecular formula is C14H14ClN3O2. The molecule has 0 unspecified atom stereocenters. The first kappa shape index (κ1) is 13.0. The molecule has 0 bridgehead atoms. The lowest BCUT2D eigenvalue weighted by atomic mass is 10.3. The van der Waals surface area contributed by atoms with Gasteiger partial charge in [-0.05, 0) is 42.6 Å². The molecule has 0 atom stereocenters. The van der Waals surface area contributed by atoms with E-state index in [1.807, 2.05) is 12.1 Å². The van der Waals surface area contributed by atoms with E-state index in [2.05, 4.69) is 15.2 Å². The molecule has 20 heavy (non-hydrogen) atoms. The second-order valence-corrected chi connectivity index (χ2v) is 5.00. The van der Waals surface area contributed by atoms with E-state index in [0.717, 1.165) is 18.9 Å². The van der Waals surface area contributed by atoms with Crippen molar-refractivity contribution in [3.05, 3.63) is 41.4 Å². The van der Waals surface area contributed by atoms with Gasteiger partial charge in [-0.15, -0.1) is 0 Å². The Balaban J connectivity index is 1.69. The number of halogens is 1. The zero-order valence-corrected chi connectivity index (χ0v) is 11.6. The van der Waals surface area contributed by atoms with Gasteiger partial charge in [-0.3, -0.25) is 4.79 Å². The summed E-state index contributed by atoms with van der Waals surface area (Å²) in [6, 6.07) is 5.29. The summed E-state index contributed by atoms with van der Waals surface area (Å²) in [7, 11) is 0. The largest absolute Gasteiger partial charge is 0.452 e. The lowest BCUT2D eigenvalue weighted by Crippen LogP contribution is -2.19. The van der Waals surface area contributed by atoms with Crippen LogP contribution in [0.4, 0.5) is 11.5 Å². The summed E-state index contributed by atoms with van der Waals surface area (Å²) in [6.07, 6.45) is 5.45. The fraction of sp³-hybridized carbons (Fsp3) is 0.286. The number of pyridine rings is 1. The third-order valence-electron chi connectivity index (χ3n) is 3.30. The molecule has 1 saturated heterocycles. The van der Waals surface area contributed by atoms with Crippen molar-refractivity contribution in [1.82, 2.24) is 4.98 Å².